The molecule has 0 spiro atoms. The van der Waals surface area contributed by atoms with E-state index in [1.54, 1.807) is 6.20 Å². The fraction of sp³-hybridized carbons (Fsp3) is 0.625. The summed E-state index contributed by atoms with van der Waals surface area (Å²) < 4.78 is 5.42. The molecule has 1 aliphatic carbocycles. The fourth-order valence-electron chi connectivity index (χ4n) is 2.65. The van der Waals surface area contributed by atoms with E-state index in [2.05, 4.69) is 26.9 Å². The van der Waals surface area contributed by atoms with E-state index in [9.17, 15) is 0 Å². The number of hydrogen-bond donors (Lipinski definition) is 2. The van der Waals surface area contributed by atoms with Gasteiger partial charge in [-0.05, 0) is 44.1 Å². The molecule has 23 heavy (non-hydrogen) atoms. The quantitative estimate of drug-likeness (QED) is 0.397. The van der Waals surface area contributed by atoms with Gasteiger partial charge in [-0.1, -0.05) is 0 Å². The molecule has 0 aliphatic heterocycles. The highest BCUT2D eigenvalue weighted by molar-refractivity contribution is 14.0. The predicted molar refractivity (Wildman–Crippen MR) is 109 cm³/mol. The van der Waals surface area contributed by atoms with Crippen molar-refractivity contribution in [1.82, 2.24) is 15.6 Å². The summed E-state index contributed by atoms with van der Waals surface area (Å²) in [6, 6.07) is 4.48. The molecule has 2 unspecified atom stereocenters. The molecule has 1 aliphatic rings. The summed E-state index contributed by atoms with van der Waals surface area (Å²) in [4.78, 5) is 8.50. The fourth-order valence-corrected chi connectivity index (χ4v) is 3.44. The van der Waals surface area contributed by atoms with Crippen LogP contribution in [0.1, 0.15) is 31.7 Å². The van der Waals surface area contributed by atoms with Crippen LogP contribution in [0.3, 0.4) is 0 Å². The second kappa shape index (κ2) is 11.0. The molecule has 2 atom stereocenters. The number of guanidine groups is 1. The molecular formula is C16H27IN4OS. The Bertz CT molecular complexity index is 501. The first-order chi connectivity index (χ1) is 10.7. The van der Waals surface area contributed by atoms with E-state index in [-0.39, 0.29) is 24.0 Å². The molecule has 0 amide bonds. The zero-order valence-corrected chi connectivity index (χ0v) is 17.2. The van der Waals surface area contributed by atoms with E-state index in [0.717, 1.165) is 16.8 Å². The highest BCUT2D eigenvalue weighted by atomic mass is 127. The van der Waals surface area contributed by atoms with Crippen molar-refractivity contribution in [3.63, 3.8) is 0 Å². The minimum Gasteiger partial charge on any atom is -0.478 e. The minimum atomic E-state index is 0. The maximum atomic E-state index is 5.42. The van der Waals surface area contributed by atoms with Crippen LogP contribution < -0.4 is 15.4 Å². The van der Waals surface area contributed by atoms with Gasteiger partial charge < -0.3 is 15.4 Å². The Kier molecular flexibility index (Phi) is 9.69. The summed E-state index contributed by atoms with van der Waals surface area (Å²) in [6.07, 6.45) is 7.69. The van der Waals surface area contributed by atoms with E-state index in [1.165, 1.54) is 19.3 Å². The lowest BCUT2D eigenvalue weighted by molar-refractivity contribution is 0.326. The van der Waals surface area contributed by atoms with Gasteiger partial charge in [0.25, 0.3) is 0 Å². The van der Waals surface area contributed by atoms with E-state index < -0.39 is 0 Å². The van der Waals surface area contributed by atoms with Gasteiger partial charge in [-0.2, -0.15) is 11.8 Å². The standard InChI is InChI=1S/C16H26N4OS.HI/c1-4-21-15-9-12(7-8-18-15)11-19-16(17-2)20-13-5-6-14(10-13)22-3;/h7-9,13-14H,4-6,10-11H2,1-3H3,(H2,17,19,20);1H. The molecular weight excluding hydrogens is 423 g/mol. The van der Waals surface area contributed by atoms with Crippen LogP contribution in [-0.4, -0.2) is 42.1 Å². The number of thioether (sulfide) groups is 1. The van der Waals surface area contributed by atoms with Crippen molar-refractivity contribution in [2.75, 3.05) is 19.9 Å². The topological polar surface area (TPSA) is 58.5 Å². The minimum absolute atomic E-state index is 0. The molecule has 0 radical (unpaired) electrons. The van der Waals surface area contributed by atoms with E-state index >= 15 is 0 Å². The normalized spacial score (nSPS) is 20.7. The first-order valence-electron chi connectivity index (χ1n) is 7.82. The van der Waals surface area contributed by atoms with Crippen molar-refractivity contribution >= 4 is 41.7 Å². The van der Waals surface area contributed by atoms with Crippen molar-refractivity contribution in [1.29, 1.82) is 0 Å². The Morgan fingerprint density at radius 1 is 1.48 bits per heavy atom. The summed E-state index contributed by atoms with van der Waals surface area (Å²) in [5.74, 6) is 1.53. The van der Waals surface area contributed by atoms with Crippen LogP contribution in [0.2, 0.25) is 0 Å². The van der Waals surface area contributed by atoms with Crippen molar-refractivity contribution in [2.24, 2.45) is 4.99 Å². The molecule has 0 saturated heterocycles. The number of aromatic nitrogens is 1. The van der Waals surface area contributed by atoms with Crippen LogP contribution >= 0.6 is 35.7 Å². The smallest absolute Gasteiger partial charge is 0.213 e. The van der Waals surface area contributed by atoms with Crippen LogP contribution in [0, 0.1) is 0 Å². The zero-order chi connectivity index (χ0) is 15.8. The number of aliphatic imine (C=N–C) groups is 1. The third-order valence-electron chi connectivity index (χ3n) is 3.83. The molecule has 130 valence electrons. The average molecular weight is 450 g/mol. The Morgan fingerprint density at radius 3 is 2.96 bits per heavy atom. The number of nitrogens with zero attached hydrogens (tertiary/aromatic N) is 2. The number of hydrogen-bond acceptors (Lipinski definition) is 4. The van der Waals surface area contributed by atoms with Gasteiger partial charge in [-0.25, -0.2) is 4.98 Å². The van der Waals surface area contributed by atoms with Gasteiger partial charge in [0.1, 0.15) is 0 Å². The average Bonchev–Trinajstić information content (AvgIpc) is 3.00. The van der Waals surface area contributed by atoms with Crippen LogP contribution in [0.4, 0.5) is 0 Å². The maximum Gasteiger partial charge on any atom is 0.213 e. The molecule has 7 heteroatoms. The van der Waals surface area contributed by atoms with Crippen molar-refractivity contribution in [3.05, 3.63) is 23.9 Å². The van der Waals surface area contributed by atoms with Crippen LogP contribution in [-0.2, 0) is 6.54 Å². The van der Waals surface area contributed by atoms with Gasteiger partial charge in [0.2, 0.25) is 5.88 Å². The van der Waals surface area contributed by atoms with Gasteiger partial charge in [-0.15, -0.1) is 24.0 Å². The second-order valence-electron chi connectivity index (χ2n) is 5.37. The molecule has 1 aromatic rings. The largest absolute Gasteiger partial charge is 0.478 e. The lowest BCUT2D eigenvalue weighted by Crippen LogP contribution is -2.42. The number of nitrogens with one attached hydrogen (secondary N) is 2. The lowest BCUT2D eigenvalue weighted by atomic mass is 10.2. The number of ether oxygens (including phenoxy) is 1. The van der Waals surface area contributed by atoms with Crippen LogP contribution in [0.5, 0.6) is 5.88 Å². The van der Waals surface area contributed by atoms with Crippen molar-refractivity contribution in [3.8, 4) is 5.88 Å². The van der Waals surface area contributed by atoms with E-state index in [4.69, 9.17) is 4.74 Å². The molecule has 1 saturated carbocycles. The lowest BCUT2D eigenvalue weighted by Gasteiger charge is -2.17. The highest BCUT2D eigenvalue weighted by Crippen LogP contribution is 2.27. The zero-order valence-electron chi connectivity index (χ0n) is 14.0. The predicted octanol–water partition coefficient (Wildman–Crippen LogP) is 3.05. The molecule has 1 heterocycles. The third kappa shape index (κ3) is 6.74. The SMILES string of the molecule is CCOc1cc(CNC(=NC)NC2CCC(SC)C2)ccn1.I. The molecule has 5 nitrogen and oxygen atoms in total. The summed E-state index contributed by atoms with van der Waals surface area (Å²) in [5, 5.41) is 7.66. The second-order valence-corrected chi connectivity index (χ2v) is 6.51. The van der Waals surface area contributed by atoms with Crippen molar-refractivity contribution < 1.29 is 4.74 Å². The van der Waals surface area contributed by atoms with Crippen LogP contribution in [0.25, 0.3) is 0 Å². The Balaban J connectivity index is 0.00000264. The molecule has 2 rings (SSSR count). The van der Waals surface area contributed by atoms with Crippen LogP contribution in [0.15, 0.2) is 23.3 Å². The van der Waals surface area contributed by atoms with Gasteiger partial charge in [0, 0.05) is 37.1 Å². The van der Waals surface area contributed by atoms with Gasteiger partial charge in [-0.3, -0.25) is 4.99 Å². The molecule has 0 bridgehead atoms. The molecule has 1 aromatic heterocycles. The summed E-state index contributed by atoms with van der Waals surface area (Å²) in [6.45, 7) is 3.30. The number of halogens is 1. The van der Waals surface area contributed by atoms with Gasteiger partial charge in [0.05, 0.1) is 6.61 Å². The van der Waals surface area contributed by atoms with Crippen molar-refractivity contribution in [2.45, 2.75) is 44.0 Å². The van der Waals surface area contributed by atoms with Gasteiger partial charge >= 0.3 is 0 Å². The Hall–Kier alpha value is -0.700. The summed E-state index contributed by atoms with van der Waals surface area (Å²) >= 11 is 1.97. The third-order valence-corrected chi connectivity index (χ3v) is 4.93. The summed E-state index contributed by atoms with van der Waals surface area (Å²) in [5.41, 5.74) is 1.13. The molecule has 2 N–H and O–H groups in total. The highest BCUT2D eigenvalue weighted by Gasteiger charge is 2.24. The first kappa shape index (κ1) is 20.3. The molecule has 1 fully saturated rings. The monoisotopic (exact) mass is 450 g/mol. The first-order valence-corrected chi connectivity index (χ1v) is 9.11. The van der Waals surface area contributed by atoms with Gasteiger partial charge in [0.15, 0.2) is 5.96 Å². The summed E-state index contributed by atoms with van der Waals surface area (Å²) in [7, 11) is 1.81. The number of rotatable bonds is 6. The Morgan fingerprint density at radius 2 is 2.30 bits per heavy atom. The van der Waals surface area contributed by atoms with E-state index in [0.29, 0.717) is 25.1 Å². The number of pyridine rings is 1. The Labute approximate surface area is 160 Å². The maximum absolute atomic E-state index is 5.42. The van der Waals surface area contributed by atoms with E-state index in [1.807, 2.05) is 37.9 Å². The molecule has 0 aromatic carbocycles.